The molecule has 3 aliphatic heterocycles. The molecule has 9 nitrogen and oxygen atoms in total. The zero-order valence-electron chi connectivity index (χ0n) is 21.1. The minimum Gasteiger partial charge on any atom is -0.483 e. The van der Waals surface area contributed by atoms with Crippen molar-refractivity contribution in [3.05, 3.63) is 29.8 Å². The van der Waals surface area contributed by atoms with Crippen molar-refractivity contribution < 1.29 is 27.9 Å². The van der Waals surface area contributed by atoms with Crippen molar-refractivity contribution in [2.45, 2.75) is 51.6 Å². The van der Waals surface area contributed by atoms with Crippen molar-refractivity contribution in [2.24, 2.45) is 5.41 Å². The van der Waals surface area contributed by atoms with E-state index in [1.165, 1.54) is 21.8 Å². The standard InChI is InChI=1S/C24H37N3O4S.CH2O2/c1-19(2)21-6-4-5-7-22(21)26-16-14-25(15-17-26)11-8-20-18-24(23(28)31-20)9-12-27(13-10-24)32(3,29)30;2-1-3/h4-7,19-20H,8-18H2,1-3H3;1H,(H,2,3). The number of anilines is 1. The number of carbonyl (C=O) groups is 2. The van der Waals surface area contributed by atoms with E-state index in [0.717, 1.165) is 45.6 Å². The average Bonchev–Trinajstić information content (AvgIpc) is 3.12. The summed E-state index contributed by atoms with van der Waals surface area (Å²) >= 11 is 0. The number of ether oxygens (including phenoxy) is 1. The number of esters is 1. The second-order valence-corrected chi connectivity index (χ2v) is 12.1. The van der Waals surface area contributed by atoms with Crippen LogP contribution in [0.5, 0.6) is 0 Å². The Hall–Kier alpha value is -2.17. The number of piperidine rings is 1. The number of rotatable bonds is 6. The van der Waals surface area contributed by atoms with E-state index in [2.05, 4.69) is 47.9 Å². The third-order valence-electron chi connectivity index (χ3n) is 7.51. The molecule has 0 aromatic heterocycles. The number of hydrogen-bond acceptors (Lipinski definition) is 7. The van der Waals surface area contributed by atoms with Crippen molar-refractivity contribution in [2.75, 3.05) is 57.0 Å². The molecular formula is C25H39N3O6S. The van der Waals surface area contributed by atoms with Gasteiger partial charge in [0, 0.05) is 57.9 Å². The first-order chi connectivity index (χ1) is 16.6. The smallest absolute Gasteiger partial charge is 0.312 e. The second kappa shape index (κ2) is 11.7. The highest BCUT2D eigenvalue weighted by molar-refractivity contribution is 7.88. The monoisotopic (exact) mass is 509 g/mol. The van der Waals surface area contributed by atoms with Crippen LogP contribution in [0.2, 0.25) is 0 Å². The van der Waals surface area contributed by atoms with E-state index in [1.807, 2.05) is 0 Å². The van der Waals surface area contributed by atoms with Gasteiger partial charge in [0.1, 0.15) is 6.10 Å². The molecule has 0 saturated carbocycles. The Bertz CT molecular complexity index is 967. The molecular weight excluding hydrogens is 470 g/mol. The fourth-order valence-electron chi connectivity index (χ4n) is 5.45. The van der Waals surface area contributed by atoms with Crippen LogP contribution in [0.25, 0.3) is 0 Å². The summed E-state index contributed by atoms with van der Waals surface area (Å²) in [6, 6.07) is 8.71. The maximum atomic E-state index is 12.6. The third kappa shape index (κ3) is 6.74. The van der Waals surface area contributed by atoms with E-state index in [9.17, 15) is 13.2 Å². The third-order valence-corrected chi connectivity index (χ3v) is 8.82. The van der Waals surface area contributed by atoms with Gasteiger partial charge in [-0.2, -0.15) is 0 Å². The number of piperazine rings is 1. The van der Waals surface area contributed by atoms with Gasteiger partial charge in [-0.05, 0) is 36.8 Å². The average molecular weight is 510 g/mol. The van der Waals surface area contributed by atoms with Gasteiger partial charge in [-0.15, -0.1) is 0 Å². The minimum atomic E-state index is -3.19. The molecule has 196 valence electrons. The van der Waals surface area contributed by atoms with E-state index in [4.69, 9.17) is 14.6 Å². The first-order valence-corrected chi connectivity index (χ1v) is 14.2. The van der Waals surface area contributed by atoms with Gasteiger partial charge in [-0.25, -0.2) is 12.7 Å². The highest BCUT2D eigenvalue weighted by atomic mass is 32.2. The SMILES string of the molecule is CC(C)c1ccccc1N1CCN(CCC2CC3(CCN(S(C)(=O)=O)CC3)C(=O)O2)CC1.O=CO. The number of sulfonamides is 1. The number of hydrogen-bond donors (Lipinski definition) is 1. The van der Waals surface area contributed by atoms with Gasteiger partial charge >= 0.3 is 5.97 Å². The summed E-state index contributed by atoms with van der Waals surface area (Å²) in [6.45, 7) is 10.1. The van der Waals surface area contributed by atoms with Crippen molar-refractivity contribution in [1.29, 1.82) is 0 Å². The molecule has 3 heterocycles. The van der Waals surface area contributed by atoms with Crippen LogP contribution in [0.3, 0.4) is 0 Å². The summed E-state index contributed by atoms with van der Waals surface area (Å²) in [5.74, 6) is 0.392. The van der Waals surface area contributed by atoms with Crippen molar-refractivity contribution in [3.8, 4) is 0 Å². The number of para-hydroxylation sites is 1. The fourth-order valence-corrected chi connectivity index (χ4v) is 6.30. The largest absolute Gasteiger partial charge is 0.483 e. The molecule has 1 unspecified atom stereocenters. The maximum absolute atomic E-state index is 12.6. The fraction of sp³-hybridized carbons (Fsp3) is 0.680. The summed E-state index contributed by atoms with van der Waals surface area (Å²) in [4.78, 5) is 26.0. The van der Waals surface area contributed by atoms with E-state index in [1.54, 1.807) is 0 Å². The molecule has 4 rings (SSSR count). The predicted octanol–water partition coefficient (Wildman–Crippen LogP) is 2.38. The maximum Gasteiger partial charge on any atom is 0.312 e. The Morgan fingerprint density at radius 1 is 1.11 bits per heavy atom. The lowest BCUT2D eigenvalue weighted by molar-refractivity contribution is -0.150. The van der Waals surface area contributed by atoms with Gasteiger partial charge in [-0.1, -0.05) is 32.0 Å². The lowest BCUT2D eigenvalue weighted by Crippen LogP contribution is -2.47. The summed E-state index contributed by atoms with van der Waals surface area (Å²) in [6.07, 6.45) is 3.91. The van der Waals surface area contributed by atoms with Crippen LogP contribution in [-0.2, 0) is 24.3 Å². The Morgan fingerprint density at radius 2 is 1.71 bits per heavy atom. The van der Waals surface area contributed by atoms with Crippen LogP contribution in [0.4, 0.5) is 5.69 Å². The molecule has 0 amide bonds. The summed E-state index contributed by atoms with van der Waals surface area (Å²) in [7, 11) is -3.19. The summed E-state index contributed by atoms with van der Waals surface area (Å²) < 4.78 is 30.8. The molecule has 1 spiro atoms. The molecule has 35 heavy (non-hydrogen) atoms. The molecule has 1 atom stereocenters. The molecule has 3 fully saturated rings. The Kier molecular flexibility index (Phi) is 9.17. The molecule has 3 saturated heterocycles. The first kappa shape index (κ1) is 27.4. The molecule has 10 heteroatoms. The van der Waals surface area contributed by atoms with Gasteiger partial charge in [0.05, 0.1) is 11.7 Å². The van der Waals surface area contributed by atoms with Gasteiger partial charge in [0.2, 0.25) is 10.0 Å². The Balaban J connectivity index is 0.00000108. The molecule has 0 aliphatic carbocycles. The van der Waals surface area contributed by atoms with E-state index < -0.39 is 15.4 Å². The molecule has 1 aromatic rings. The highest BCUT2D eigenvalue weighted by Gasteiger charge is 2.51. The molecule has 1 N–H and O–H groups in total. The number of cyclic esters (lactones) is 1. The van der Waals surface area contributed by atoms with Crippen molar-refractivity contribution in [3.63, 3.8) is 0 Å². The number of carboxylic acid groups (broad SMARTS) is 1. The van der Waals surface area contributed by atoms with Gasteiger partial charge in [-0.3, -0.25) is 14.5 Å². The van der Waals surface area contributed by atoms with Crippen molar-refractivity contribution in [1.82, 2.24) is 9.21 Å². The number of carbonyl (C=O) groups excluding carboxylic acids is 1. The number of nitrogens with zero attached hydrogens (tertiary/aromatic N) is 3. The van der Waals surface area contributed by atoms with E-state index in [-0.39, 0.29) is 18.5 Å². The first-order valence-electron chi connectivity index (χ1n) is 12.4. The zero-order chi connectivity index (χ0) is 25.6. The van der Waals surface area contributed by atoms with Crippen LogP contribution < -0.4 is 4.90 Å². The quantitative estimate of drug-likeness (QED) is 0.460. The lowest BCUT2D eigenvalue weighted by atomic mass is 9.76. The molecule has 0 bridgehead atoms. The van der Waals surface area contributed by atoms with Gasteiger partial charge < -0.3 is 14.7 Å². The highest BCUT2D eigenvalue weighted by Crippen LogP contribution is 2.44. The zero-order valence-corrected chi connectivity index (χ0v) is 21.9. The minimum absolute atomic E-state index is 0.0491. The van der Waals surface area contributed by atoms with Crippen LogP contribution in [-0.4, -0.2) is 93.3 Å². The van der Waals surface area contributed by atoms with Crippen LogP contribution in [0.1, 0.15) is 51.0 Å². The molecule has 0 radical (unpaired) electrons. The van der Waals surface area contributed by atoms with E-state index in [0.29, 0.717) is 31.8 Å². The van der Waals surface area contributed by atoms with Crippen LogP contribution in [0, 0.1) is 5.41 Å². The lowest BCUT2D eigenvalue weighted by Gasteiger charge is -2.37. The molecule has 3 aliphatic rings. The Morgan fingerprint density at radius 3 is 2.29 bits per heavy atom. The Labute approximate surface area is 209 Å². The predicted molar refractivity (Wildman–Crippen MR) is 135 cm³/mol. The summed E-state index contributed by atoms with van der Waals surface area (Å²) in [5, 5.41) is 6.89. The normalized spacial score (nSPS) is 23.1. The van der Waals surface area contributed by atoms with Gasteiger partial charge in [0.15, 0.2) is 0 Å². The summed E-state index contributed by atoms with van der Waals surface area (Å²) in [5.41, 5.74) is 2.28. The van der Waals surface area contributed by atoms with Crippen LogP contribution >= 0.6 is 0 Å². The second-order valence-electron chi connectivity index (χ2n) is 10.1. The van der Waals surface area contributed by atoms with E-state index >= 15 is 0 Å². The molecule has 1 aromatic carbocycles. The number of benzene rings is 1. The van der Waals surface area contributed by atoms with Crippen molar-refractivity contribution >= 4 is 28.2 Å². The van der Waals surface area contributed by atoms with Crippen LogP contribution in [0.15, 0.2) is 24.3 Å². The van der Waals surface area contributed by atoms with Gasteiger partial charge in [0.25, 0.3) is 6.47 Å². The topological polar surface area (TPSA) is 107 Å².